The number of hydrogen-bond acceptors (Lipinski definition) is 6. The fourth-order valence-corrected chi connectivity index (χ4v) is 5.09. The van der Waals surface area contributed by atoms with E-state index in [1.807, 2.05) is 28.7 Å². The van der Waals surface area contributed by atoms with Crippen molar-refractivity contribution in [2.24, 2.45) is 0 Å². The molecule has 152 valence electrons. The molecule has 0 radical (unpaired) electrons. The summed E-state index contributed by atoms with van der Waals surface area (Å²) in [6, 6.07) is 5.61. The second-order valence-electron chi connectivity index (χ2n) is 6.88. The summed E-state index contributed by atoms with van der Waals surface area (Å²) in [6.07, 6.45) is 5.03. The molecule has 0 bridgehead atoms. The Morgan fingerprint density at radius 3 is 2.34 bits per heavy atom. The Morgan fingerprint density at radius 1 is 0.966 bits per heavy atom. The molecular weight excluding hydrogens is 395 g/mol. The van der Waals surface area contributed by atoms with Crippen LogP contribution >= 0.6 is 0 Å². The predicted octanol–water partition coefficient (Wildman–Crippen LogP) is 1.93. The van der Waals surface area contributed by atoms with Crippen molar-refractivity contribution in [3.63, 3.8) is 0 Å². The van der Waals surface area contributed by atoms with Crippen LogP contribution in [-0.4, -0.2) is 58.4 Å². The number of aryl methyl sites for hydroxylation is 2. The lowest BCUT2D eigenvalue weighted by Crippen LogP contribution is -2.49. The van der Waals surface area contributed by atoms with Crippen LogP contribution in [0.25, 0.3) is 5.82 Å². The topological polar surface area (TPSA) is 84.2 Å². The van der Waals surface area contributed by atoms with Gasteiger partial charge in [-0.25, -0.2) is 27.8 Å². The second kappa shape index (κ2) is 7.53. The van der Waals surface area contributed by atoms with Gasteiger partial charge in [-0.05, 0) is 37.6 Å². The molecule has 3 aromatic rings. The van der Waals surface area contributed by atoms with Gasteiger partial charge in [-0.2, -0.15) is 4.31 Å². The Bertz CT molecular complexity index is 1140. The van der Waals surface area contributed by atoms with Gasteiger partial charge in [0.15, 0.2) is 0 Å². The third kappa shape index (κ3) is 3.73. The SMILES string of the molecule is Cc1cc(F)ccc1S(=O)(=O)N1CCN(c2cc(-n3ccnc3C)ncn2)CC1. The Kier molecular flexibility index (Phi) is 5.05. The van der Waals surface area contributed by atoms with E-state index in [2.05, 4.69) is 15.0 Å². The molecule has 0 saturated carbocycles. The molecular formula is C19H21FN6O2S. The lowest BCUT2D eigenvalue weighted by Gasteiger charge is -2.34. The highest BCUT2D eigenvalue weighted by atomic mass is 32.2. The molecule has 4 rings (SSSR count). The predicted molar refractivity (Wildman–Crippen MR) is 106 cm³/mol. The maximum atomic E-state index is 13.3. The fourth-order valence-electron chi connectivity index (χ4n) is 3.46. The Morgan fingerprint density at radius 2 is 1.69 bits per heavy atom. The fraction of sp³-hybridized carbons (Fsp3) is 0.316. The van der Waals surface area contributed by atoms with Crippen molar-refractivity contribution in [2.75, 3.05) is 31.1 Å². The summed E-state index contributed by atoms with van der Waals surface area (Å²) in [5.74, 6) is 1.82. The number of nitrogens with zero attached hydrogens (tertiary/aromatic N) is 6. The van der Waals surface area contributed by atoms with Crippen LogP contribution in [0.2, 0.25) is 0 Å². The van der Waals surface area contributed by atoms with E-state index >= 15 is 0 Å². The number of hydrogen-bond donors (Lipinski definition) is 0. The molecule has 10 heteroatoms. The van der Waals surface area contributed by atoms with Gasteiger partial charge in [0.05, 0.1) is 4.90 Å². The van der Waals surface area contributed by atoms with Crippen LogP contribution in [0.1, 0.15) is 11.4 Å². The smallest absolute Gasteiger partial charge is 0.243 e. The lowest BCUT2D eigenvalue weighted by molar-refractivity contribution is 0.383. The van der Waals surface area contributed by atoms with Crippen LogP contribution in [0.5, 0.6) is 0 Å². The van der Waals surface area contributed by atoms with Gasteiger partial charge < -0.3 is 4.90 Å². The molecule has 1 fully saturated rings. The van der Waals surface area contributed by atoms with Crippen molar-refractivity contribution in [1.82, 2.24) is 23.8 Å². The molecule has 2 aromatic heterocycles. The van der Waals surface area contributed by atoms with E-state index in [-0.39, 0.29) is 4.90 Å². The summed E-state index contributed by atoms with van der Waals surface area (Å²) in [6.45, 7) is 5.14. The standard InChI is InChI=1S/C19H21FN6O2S/c1-14-11-16(20)3-4-17(14)29(27,28)25-9-7-24(8-10-25)18-12-19(23-13-22-18)26-6-5-21-15(26)2/h3-6,11-13H,7-10H2,1-2H3. The first-order valence-electron chi connectivity index (χ1n) is 9.20. The molecule has 0 aliphatic carbocycles. The van der Waals surface area contributed by atoms with Crippen LogP contribution in [0.15, 0.2) is 47.9 Å². The molecule has 0 N–H and O–H groups in total. The Balaban J connectivity index is 1.51. The highest BCUT2D eigenvalue weighted by Gasteiger charge is 2.30. The molecule has 1 saturated heterocycles. The number of rotatable bonds is 4. The van der Waals surface area contributed by atoms with Gasteiger partial charge >= 0.3 is 0 Å². The summed E-state index contributed by atoms with van der Waals surface area (Å²) in [5.41, 5.74) is 0.406. The average molecular weight is 416 g/mol. The van der Waals surface area contributed by atoms with Crippen LogP contribution in [0.4, 0.5) is 10.2 Å². The Hall–Kier alpha value is -2.85. The van der Waals surface area contributed by atoms with E-state index in [1.165, 1.54) is 28.8 Å². The van der Waals surface area contributed by atoms with Crippen LogP contribution < -0.4 is 4.90 Å². The van der Waals surface area contributed by atoms with E-state index in [4.69, 9.17) is 0 Å². The molecule has 3 heterocycles. The summed E-state index contributed by atoms with van der Waals surface area (Å²) in [5, 5.41) is 0. The Labute approximate surface area is 168 Å². The van der Waals surface area contributed by atoms with Gasteiger partial charge in [-0.3, -0.25) is 4.57 Å². The first-order valence-corrected chi connectivity index (χ1v) is 10.6. The minimum Gasteiger partial charge on any atom is -0.354 e. The second-order valence-corrected chi connectivity index (χ2v) is 8.79. The number of benzene rings is 1. The van der Waals surface area contributed by atoms with Crippen molar-refractivity contribution in [3.8, 4) is 5.82 Å². The zero-order valence-corrected chi connectivity index (χ0v) is 17.0. The summed E-state index contributed by atoms with van der Waals surface area (Å²) >= 11 is 0. The van der Waals surface area contributed by atoms with Crippen molar-refractivity contribution in [3.05, 3.63) is 60.2 Å². The maximum absolute atomic E-state index is 13.3. The monoisotopic (exact) mass is 416 g/mol. The normalized spacial score (nSPS) is 15.6. The van der Waals surface area contributed by atoms with Crippen molar-refractivity contribution in [2.45, 2.75) is 18.7 Å². The first kappa shape index (κ1) is 19.5. The minimum atomic E-state index is -3.67. The minimum absolute atomic E-state index is 0.146. The van der Waals surface area contributed by atoms with Crippen molar-refractivity contribution < 1.29 is 12.8 Å². The molecule has 8 nitrogen and oxygen atoms in total. The van der Waals surface area contributed by atoms with Gasteiger partial charge in [-0.15, -0.1) is 0 Å². The van der Waals surface area contributed by atoms with E-state index < -0.39 is 15.8 Å². The zero-order chi connectivity index (χ0) is 20.6. The number of halogens is 1. The number of piperazine rings is 1. The molecule has 0 amide bonds. The maximum Gasteiger partial charge on any atom is 0.243 e. The highest BCUT2D eigenvalue weighted by molar-refractivity contribution is 7.89. The molecule has 29 heavy (non-hydrogen) atoms. The molecule has 0 unspecified atom stereocenters. The van der Waals surface area contributed by atoms with Crippen molar-refractivity contribution >= 4 is 15.8 Å². The van der Waals surface area contributed by atoms with E-state index in [0.29, 0.717) is 37.6 Å². The van der Waals surface area contributed by atoms with Gasteiger partial charge in [0.1, 0.15) is 29.6 Å². The molecule has 1 aromatic carbocycles. The summed E-state index contributed by atoms with van der Waals surface area (Å²) < 4.78 is 42.6. The third-order valence-electron chi connectivity index (χ3n) is 5.03. The molecule has 0 atom stereocenters. The van der Waals surface area contributed by atoms with Crippen LogP contribution in [0.3, 0.4) is 0 Å². The van der Waals surface area contributed by atoms with Crippen LogP contribution in [0, 0.1) is 19.7 Å². The summed E-state index contributed by atoms with van der Waals surface area (Å²) in [4.78, 5) is 15.0. The van der Waals surface area contributed by atoms with Gasteiger partial charge in [-0.1, -0.05) is 0 Å². The number of anilines is 1. The van der Waals surface area contributed by atoms with Crippen molar-refractivity contribution in [1.29, 1.82) is 0 Å². The summed E-state index contributed by atoms with van der Waals surface area (Å²) in [7, 11) is -3.67. The average Bonchev–Trinajstić information content (AvgIpc) is 3.14. The van der Waals surface area contributed by atoms with Gasteiger partial charge in [0.25, 0.3) is 0 Å². The number of sulfonamides is 1. The first-order chi connectivity index (χ1) is 13.9. The largest absolute Gasteiger partial charge is 0.354 e. The number of imidazole rings is 1. The third-order valence-corrected chi connectivity index (χ3v) is 7.09. The van der Waals surface area contributed by atoms with E-state index in [9.17, 15) is 12.8 Å². The highest BCUT2D eigenvalue weighted by Crippen LogP contribution is 2.23. The van der Waals surface area contributed by atoms with Gasteiger partial charge in [0.2, 0.25) is 10.0 Å². The van der Waals surface area contributed by atoms with E-state index in [1.54, 1.807) is 13.1 Å². The molecule has 0 spiro atoms. The van der Waals surface area contributed by atoms with Crippen LogP contribution in [-0.2, 0) is 10.0 Å². The van der Waals surface area contributed by atoms with E-state index in [0.717, 1.165) is 11.6 Å². The number of aromatic nitrogens is 4. The van der Waals surface area contributed by atoms with Gasteiger partial charge in [0, 0.05) is 44.6 Å². The quantitative estimate of drug-likeness (QED) is 0.646. The zero-order valence-electron chi connectivity index (χ0n) is 16.2. The molecule has 1 aliphatic heterocycles. The lowest BCUT2D eigenvalue weighted by atomic mass is 10.2. The molecule has 1 aliphatic rings.